The normalized spacial score (nSPS) is 15.7. The molecule has 0 saturated heterocycles. The smallest absolute Gasteiger partial charge is 0.127 e. The predicted molar refractivity (Wildman–Crippen MR) is 77.0 cm³/mol. The lowest BCUT2D eigenvalue weighted by Crippen LogP contribution is -2.38. The first-order chi connectivity index (χ1) is 9.03. The molecule has 0 amide bonds. The highest BCUT2D eigenvalue weighted by molar-refractivity contribution is 5.42. The lowest BCUT2D eigenvalue weighted by atomic mass is 10.0. The second kappa shape index (κ2) is 7.36. The van der Waals surface area contributed by atoms with Crippen LogP contribution in [0.1, 0.15) is 32.4 Å². The van der Waals surface area contributed by atoms with Gasteiger partial charge in [0.25, 0.3) is 0 Å². The second-order valence-electron chi connectivity index (χ2n) is 4.73. The van der Waals surface area contributed by atoms with Gasteiger partial charge in [-0.2, -0.15) is 0 Å². The standard InChI is InChI=1S/C15H25NO3/c1-10(12(3)17-4)16-11(2)14-8-7-13(18-5)9-15(14)19-6/h7-12,16H,1-6H3. The van der Waals surface area contributed by atoms with Crippen molar-refractivity contribution in [3.8, 4) is 11.5 Å². The maximum absolute atomic E-state index is 5.43. The first-order valence-electron chi connectivity index (χ1n) is 6.54. The van der Waals surface area contributed by atoms with E-state index in [-0.39, 0.29) is 18.2 Å². The Morgan fingerprint density at radius 2 is 1.68 bits per heavy atom. The minimum absolute atomic E-state index is 0.159. The molecular weight excluding hydrogens is 242 g/mol. The molecule has 0 saturated carbocycles. The third-order valence-electron chi connectivity index (χ3n) is 3.50. The van der Waals surface area contributed by atoms with E-state index in [9.17, 15) is 0 Å². The van der Waals surface area contributed by atoms with Crippen molar-refractivity contribution in [2.75, 3.05) is 21.3 Å². The van der Waals surface area contributed by atoms with Crippen molar-refractivity contribution >= 4 is 0 Å². The quantitative estimate of drug-likeness (QED) is 0.824. The van der Waals surface area contributed by atoms with Crippen LogP contribution in [0.25, 0.3) is 0 Å². The molecule has 0 aromatic heterocycles. The molecule has 0 aliphatic heterocycles. The highest BCUT2D eigenvalue weighted by Gasteiger charge is 2.17. The molecule has 4 heteroatoms. The first-order valence-corrected chi connectivity index (χ1v) is 6.54. The van der Waals surface area contributed by atoms with E-state index in [1.165, 1.54) is 0 Å². The van der Waals surface area contributed by atoms with E-state index in [1.54, 1.807) is 21.3 Å². The van der Waals surface area contributed by atoms with E-state index < -0.39 is 0 Å². The van der Waals surface area contributed by atoms with Gasteiger partial charge in [0.05, 0.1) is 20.3 Å². The summed E-state index contributed by atoms with van der Waals surface area (Å²) in [6.07, 6.45) is 0.159. The molecule has 1 rings (SSSR count). The molecule has 0 bridgehead atoms. The minimum Gasteiger partial charge on any atom is -0.497 e. The fraction of sp³-hybridized carbons (Fsp3) is 0.600. The molecule has 108 valence electrons. The summed E-state index contributed by atoms with van der Waals surface area (Å²) < 4.78 is 16.0. The Labute approximate surface area is 116 Å². The van der Waals surface area contributed by atoms with Gasteiger partial charge in [-0.05, 0) is 26.8 Å². The Morgan fingerprint density at radius 3 is 2.21 bits per heavy atom. The summed E-state index contributed by atoms with van der Waals surface area (Å²) in [7, 11) is 5.05. The van der Waals surface area contributed by atoms with Crippen LogP contribution in [0, 0.1) is 0 Å². The predicted octanol–water partition coefficient (Wildman–Crippen LogP) is 2.78. The first kappa shape index (κ1) is 15.8. The van der Waals surface area contributed by atoms with Crippen molar-refractivity contribution in [3.63, 3.8) is 0 Å². The summed E-state index contributed by atoms with van der Waals surface area (Å²) in [5, 5.41) is 3.51. The van der Waals surface area contributed by atoms with Crippen LogP contribution in [0.2, 0.25) is 0 Å². The monoisotopic (exact) mass is 267 g/mol. The Balaban J connectivity index is 2.84. The van der Waals surface area contributed by atoms with Crippen molar-refractivity contribution in [2.45, 2.75) is 39.0 Å². The Kier molecular flexibility index (Phi) is 6.12. The Bertz CT molecular complexity index is 395. The van der Waals surface area contributed by atoms with Gasteiger partial charge in [0.1, 0.15) is 11.5 Å². The summed E-state index contributed by atoms with van der Waals surface area (Å²) in [6, 6.07) is 6.30. The number of hydrogen-bond donors (Lipinski definition) is 1. The number of rotatable bonds is 7. The molecule has 0 radical (unpaired) electrons. The van der Waals surface area contributed by atoms with Crippen LogP contribution in [0.3, 0.4) is 0 Å². The van der Waals surface area contributed by atoms with Gasteiger partial charge in [-0.15, -0.1) is 0 Å². The zero-order valence-corrected chi connectivity index (χ0v) is 12.7. The average Bonchev–Trinajstić information content (AvgIpc) is 2.45. The van der Waals surface area contributed by atoms with E-state index in [4.69, 9.17) is 14.2 Å². The number of benzene rings is 1. The van der Waals surface area contributed by atoms with Gasteiger partial charge >= 0.3 is 0 Å². The van der Waals surface area contributed by atoms with Crippen LogP contribution >= 0.6 is 0 Å². The van der Waals surface area contributed by atoms with E-state index in [0.717, 1.165) is 17.1 Å². The zero-order valence-electron chi connectivity index (χ0n) is 12.7. The topological polar surface area (TPSA) is 39.7 Å². The van der Waals surface area contributed by atoms with E-state index in [1.807, 2.05) is 18.2 Å². The van der Waals surface area contributed by atoms with Crippen LogP contribution in [0.5, 0.6) is 11.5 Å². The van der Waals surface area contributed by atoms with Crippen molar-refractivity contribution in [1.29, 1.82) is 0 Å². The largest absolute Gasteiger partial charge is 0.497 e. The molecule has 1 N–H and O–H groups in total. The molecule has 0 aliphatic rings. The summed E-state index contributed by atoms with van der Waals surface area (Å²) in [6.45, 7) is 6.28. The molecule has 0 aliphatic carbocycles. The number of nitrogens with one attached hydrogen (secondary N) is 1. The highest BCUT2D eigenvalue weighted by Crippen LogP contribution is 2.29. The van der Waals surface area contributed by atoms with Crippen LogP contribution in [-0.4, -0.2) is 33.5 Å². The van der Waals surface area contributed by atoms with Gasteiger partial charge < -0.3 is 19.5 Å². The third-order valence-corrected chi connectivity index (χ3v) is 3.50. The van der Waals surface area contributed by atoms with E-state index in [0.29, 0.717) is 0 Å². The lowest BCUT2D eigenvalue weighted by molar-refractivity contribution is 0.0851. The van der Waals surface area contributed by atoms with Crippen LogP contribution in [0.4, 0.5) is 0 Å². The molecule has 0 spiro atoms. The van der Waals surface area contributed by atoms with E-state index in [2.05, 4.69) is 26.1 Å². The molecule has 0 heterocycles. The summed E-state index contributed by atoms with van der Waals surface area (Å²) in [5.74, 6) is 1.63. The lowest BCUT2D eigenvalue weighted by Gasteiger charge is -2.25. The van der Waals surface area contributed by atoms with Crippen LogP contribution in [-0.2, 0) is 4.74 Å². The second-order valence-corrected chi connectivity index (χ2v) is 4.73. The summed E-state index contributed by atoms with van der Waals surface area (Å²) >= 11 is 0. The zero-order chi connectivity index (χ0) is 14.4. The molecule has 1 aromatic rings. The van der Waals surface area contributed by atoms with Crippen LogP contribution in [0.15, 0.2) is 18.2 Å². The Hall–Kier alpha value is -1.26. The molecule has 1 aromatic carbocycles. The molecule has 3 atom stereocenters. The van der Waals surface area contributed by atoms with Gasteiger partial charge in [0, 0.05) is 30.8 Å². The number of ether oxygens (including phenoxy) is 3. The van der Waals surface area contributed by atoms with Gasteiger partial charge in [-0.3, -0.25) is 0 Å². The molecular formula is C15H25NO3. The maximum Gasteiger partial charge on any atom is 0.127 e. The van der Waals surface area contributed by atoms with Gasteiger partial charge in [0.2, 0.25) is 0 Å². The molecule has 19 heavy (non-hydrogen) atoms. The molecule has 4 nitrogen and oxygen atoms in total. The maximum atomic E-state index is 5.43. The van der Waals surface area contributed by atoms with Gasteiger partial charge in [0.15, 0.2) is 0 Å². The van der Waals surface area contributed by atoms with Gasteiger partial charge in [-0.1, -0.05) is 6.07 Å². The third kappa shape index (κ3) is 4.11. The van der Waals surface area contributed by atoms with E-state index >= 15 is 0 Å². The van der Waals surface area contributed by atoms with Crippen molar-refractivity contribution < 1.29 is 14.2 Å². The fourth-order valence-corrected chi connectivity index (χ4v) is 2.00. The average molecular weight is 267 g/mol. The van der Waals surface area contributed by atoms with Crippen molar-refractivity contribution in [3.05, 3.63) is 23.8 Å². The van der Waals surface area contributed by atoms with Crippen molar-refractivity contribution in [1.82, 2.24) is 5.32 Å². The number of hydrogen-bond acceptors (Lipinski definition) is 4. The molecule has 3 unspecified atom stereocenters. The molecule has 0 fully saturated rings. The van der Waals surface area contributed by atoms with Crippen LogP contribution < -0.4 is 14.8 Å². The van der Waals surface area contributed by atoms with Gasteiger partial charge in [-0.25, -0.2) is 0 Å². The number of methoxy groups -OCH3 is 3. The SMILES string of the molecule is COc1ccc(C(C)NC(C)C(C)OC)c(OC)c1. The summed E-state index contributed by atoms with van der Waals surface area (Å²) in [5.41, 5.74) is 1.11. The Morgan fingerprint density at radius 1 is 1.00 bits per heavy atom. The fourth-order valence-electron chi connectivity index (χ4n) is 2.00. The van der Waals surface area contributed by atoms with Crippen molar-refractivity contribution in [2.24, 2.45) is 0 Å². The summed E-state index contributed by atoms with van der Waals surface area (Å²) in [4.78, 5) is 0. The minimum atomic E-state index is 0.159. The highest BCUT2D eigenvalue weighted by atomic mass is 16.5.